The van der Waals surface area contributed by atoms with Crippen molar-refractivity contribution in [2.75, 3.05) is 50.6 Å². The van der Waals surface area contributed by atoms with Gasteiger partial charge in [0.2, 0.25) is 0 Å². The predicted octanol–water partition coefficient (Wildman–Crippen LogP) is 4.87. The number of amides is 1. The van der Waals surface area contributed by atoms with Crippen molar-refractivity contribution < 1.29 is 9.53 Å². The zero-order valence-corrected chi connectivity index (χ0v) is 22.5. The number of piperazine rings is 1. The van der Waals surface area contributed by atoms with E-state index in [0.717, 1.165) is 60.9 Å². The van der Waals surface area contributed by atoms with E-state index >= 15 is 0 Å². The van der Waals surface area contributed by atoms with Gasteiger partial charge in [0.15, 0.2) is 0 Å². The first-order chi connectivity index (χ1) is 17.9. The van der Waals surface area contributed by atoms with Crippen LogP contribution in [0.5, 0.6) is 5.75 Å². The number of benzene rings is 2. The van der Waals surface area contributed by atoms with Gasteiger partial charge in [-0.05, 0) is 80.1 Å². The van der Waals surface area contributed by atoms with Crippen molar-refractivity contribution in [3.05, 3.63) is 84.1 Å². The van der Waals surface area contributed by atoms with E-state index < -0.39 is 0 Å². The summed E-state index contributed by atoms with van der Waals surface area (Å²) in [6.45, 7) is 12.0. The summed E-state index contributed by atoms with van der Waals surface area (Å²) in [6.07, 6.45) is 6.64. The lowest BCUT2D eigenvalue weighted by atomic mass is 10.0. The Kier molecular flexibility index (Phi) is 10.1. The van der Waals surface area contributed by atoms with Crippen molar-refractivity contribution >= 4 is 28.7 Å². The quantitative estimate of drug-likeness (QED) is 0.276. The molecule has 2 aromatic carbocycles. The van der Waals surface area contributed by atoms with Crippen LogP contribution >= 0.6 is 0 Å². The molecule has 0 radical (unpaired) electrons. The van der Waals surface area contributed by atoms with E-state index in [4.69, 9.17) is 15.5 Å². The molecular formula is C30H39N5O2. The number of allylic oxidation sites excluding steroid dienone is 3. The van der Waals surface area contributed by atoms with Gasteiger partial charge < -0.3 is 25.6 Å². The lowest BCUT2D eigenvalue weighted by Crippen LogP contribution is -2.44. The molecule has 3 rings (SSSR count). The maximum atomic E-state index is 12.8. The summed E-state index contributed by atoms with van der Waals surface area (Å²) in [5, 5.41) is 2.89. The summed E-state index contributed by atoms with van der Waals surface area (Å²) in [4.78, 5) is 22.3. The van der Waals surface area contributed by atoms with Gasteiger partial charge in [-0.25, -0.2) is 0 Å². The van der Waals surface area contributed by atoms with Crippen LogP contribution in [0.1, 0.15) is 31.4 Å². The zero-order valence-electron chi connectivity index (χ0n) is 22.5. The smallest absolute Gasteiger partial charge is 0.271 e. The molecule has 0 spiro atoms. The van der Waals surface area contributed by atoms with Gasteiger partial charge in [0.05, 0.1) is 18.5 Å². The molecule has 1 fully saturated rings. The second-order valence-corrected chi connectivity index (χ2v) is 9.02. The molecule has 196 valence electrons. The Morgan fingerprint density at radius 1 is 1.14 bits per heavy atom. The first-order valence-corrected chi connectivity index (χ1v) is 12.8. The number of carbonyl (C=O) groups excluding carboxylic acids is 1. The second-order valence-electron chi connectivity index (χ2n) is 9.02. The van der Waals surface area contributed by atoms with Crippen molar-refractivity contribution in [2.24, 2.45) is 10.7 Å². The van der Waals surface area contributed by atoms with E-state index in [1.54, 1.807) is 19.3 Å². The number of nitrogens with one attached hydrogen (secondary N) is 1. The Morgan fingerprint density at radius 3 is 2.43 bits per heavy atom. The molecule has 37 heavy (non-hydrogen) atoms. The van der Waals surface area contributed by atoms with Gasteiger partial charge in [0.25, 0.3) is 5.91 Å². The Balaban J connectivity index is 1.73. The lowest BCUT2D eigenvalue weighted by Gasteiger charge is -2.34. The highest BCUT2D eigenvalue weighted by Gasteiger charge is 2.15. The summed E-state index contributed by atoms with van der Waals surface area (Å²) in [5.41, 5.74) is 11.6. The summed E-state index contributed by atoms with van der Waals surface area (Å²) in [6, 6.07) is 13.9. The van der Waals surface area contributed by atoms with Gasteiger partial charge >= 0.3 is 0 Å². The predicted molar refractivity (Wildman–Crippen MR) is 155 cm³/mol. The normalized spacial score (nSPS) is 15.5. The lowest BCUT2D eigenvalue weighted by molar-refractivity contribution is -0.112. The largest absolute Gasteiger partial charge is 0.496 e. The van der Waals surface area contributed by atoms with Crippen LogP contribution in [0.25, 0.3) is 5.70 Å². The molecule has 7 heteroatoms. The van der Waals surface area contributed by atoms with Gasteiger partial charge in [-0.1, -0.05) is 26.5 Å². The van der Waals surface area contributed by atoms with Crippen molar-refractivity contribution in [1.82, 2.24) is 4.90 Å². The number of aryl methyl sites for hydroxylation is 1. The minimum Gasteiger partial charge on any atom is -0.496 e. The molecule has 0 bridgehead atoms. The van der Waals surface area contributed by atoms with Crippen LogP contribution in [-0.2, 0) is 11.2 Å². The summed E-state index contributed by atoms with van der Waals surface area (Å²) in [7, 11) is 3.81. The molecule has 0 aromatic heterocycles. The number of anilines is 2. The average Bonchev–Trinajstić information content (AvgIpc) is 2.92. The molecule has 0 atom stereocenters. The average molecular weight is 502 g/mol. The minimum atomic E-state index is -0.361. The summed E-state index contributed by atoms with van der Waals surface area (Å²) in [5.74, 6) is 0.488. The first-order valence-electron chi connectivity index (χ1n) is 12.8. The fourth-order valence-corrected chi connectivity index (χ4v) is 4.16. The Morgan fingerprint density at radius 2 is 1.84 bits per heavy atom. The van der Waals surface area contributed by atoms with Crippen molar-refractivity contribution in [3.8, 4) is 5.75 Å². The Hall–Kier alpha value is -3.84. The number of aliphatic imine (C=N–C) groups is 1. The van der Waals surface area contributed by atoms with Crippen molar-refractivity contribution in [3.63, 3.8) is 0 Å². The zero-order chi connectivity index (χ0) is 26.8. The maximum absolute atomic E-state index is 12.8. The molecular weight excluding hydrogens is 462 g/mol. The van der Waals surface area contributed by atoms with E-state index in [1.807, 2.05) is 49.4 Å². The van der Waals surface area contributed by atoms with Gasteiger partial charge in [-0.2, -0.15) is 0 Å². The number of carbonyl (C=O) groups is 1. The molecule has 7 nitrogen and oxygen atoms in total. The molecule has 1 saturated heterocycles. The number of nitrogens with two attached hydrogens (primary N) is 1. The number of nitrogens with zero attached hydrogens (tertiary/aromatic N) is 3. The highest BCUT2D eigenvalue weighted by Crippen LogP contribution is 2.26. The fourth-order valence-electron chi connectivity index (χ4n) is 4.16. The van der Waals surface area contributed by atoms with Crippen LogP contribution in [0, 0.1) is 0 Å². The Labute approximate surface area is 221 Å². The number of likely N-dealkylation sites (N-methyl/N-ethyl adjacent to an activating group) is 1. The molecule has 0 aliphatic carbocycles. The Bertz CT molecular complexity index is 1170. The van der Waals surface area contributed by atoms with E-state index in [0.29, 0.717) is 17.8 Å². The van der Waals surface area contributed by atoms with Gasteiger partial charge in [-0.15, -0.1) is 0 Å². The number of hydrogen-bond donors (Lipinski definition) is 2. The highest BCUT2D eigenvalue weighted by atomic mass is 16.5. The third kappa shape index (κ3) is 7.57. The fraction of sp³-hybridized carbons (Fsp3) is 0.333. The molecule has 1 aliphatic rings. The van der Waals surface area contributed by atoms with Crippen molar-refractivity contribution in [1.29, 1.82) is 0 Å². The second kappa shape index (κ2) is 13.5. The third-order valence-electron chi connectivity index (χ3n) is 6.44. The maximum Gasteiger partial charge on any atom is 0.271 e. The number of methoxy groups -OCH3 is 1. The van der Waals surface area contributed by atoms with Crippen molar-refractivity contribution in [2.45, 2.75) is 26.7 Å². The van der Waals surface area contributed by atoms with Gasteiger partial charge in [0.1, 0.15) is 5.75 Å². The number of rotatable bonds is 10. The van der Waals surface area contributed by atoms with Crippen LogP contribution in [0.4, 0.5) is 11.4 Å². The molecule has 1 aliphatic heterocycles. The number of hydrogen-bond acceptors (Lipinski definition) is 6. The SMILES string of the molecule is C=C\C=C(/N=C(/C=C(\N)C(=O)Nc1ccc(N2CCN(C)CC2)cc1)CC)c1ccc(OC)c(CC)c1. The molecule has 2 aromatic rings. The monoisotopic (exact) mass is 501 g/mol. The summed E-state index contributed by atoms with van der Waals surface area (Å²) >= 11 is 0. The van der Waals surface area contributed by atoms with E-state index in [1.165, 1.54) is 0 Å². The molecule has 1 amide bonds. The topological polar surface area (TPSA) is 83.2 Å². The first kappa shape index (κ1) is 27.7. The summed E-state index contributed by atoms with van der Waals surface area (Å²) < 4.78 is 5.45. The molecule has 1 heterocycles. The van der Waals surface area contributed by atoms with E-state index in [-0.39, 0.29) is 11.6 Å². The van der Waals surface area contributed by atoms with Crippen LogP contribution in [-0.4, -0.2) is 56.9 Å². The van der Waals surface area contributed by atoms with Gasteiger partial charge in [0, 0.05) is 48.8 Å². The third-order valence-corrected chi connectivity index (χ3v) is 6.44. The van der Waals surface area contributed by atoms with Gasteiger partial charge in [-0.3, -0.25) is 9.79 Å². The van der Waals surface area contributed by atoms with Crippen LogP contribution in [0.15, 0.2) is 78.0 Å². The molecule has 0 unspecified atom stereocenters. The molecule has 3 N–H and O–H groups in total. The molecule has 0 saturated carbocycles. The minimum absolute atomic E-state index is 0.102. The standard InChI is InChI=1S/C30H39N5O2/c1-6-9-28(23-10-15-29(37-5)22(7-2)20-23)32-24(8-3)21-27(31)30(36)33-25-11-13-26(14-12-25)35-18-16-34(4)17-19-35/h6,9-15,20-21H,1,7-8,16-19,31H2,2-5H3,(H,33,36)/b27-21-,28-9-,32-24+. The number of ether oxygens (including phenoxy) is 1. The van der Waals surface area contributed by atoms with Crippen LogP contribution in [0.2, 0.25) is 0 Å². The van der Waals surface area contributed by atoms with Crippen LogP contribution < -0.4 is 20.7 Å². The van der Waals surface area contributed by atoms with E-state index in [9.17, 15) is 4.79 Å². The van der Waals surface area contributed by atoms with E-state index in [2.05, 4.69) is 41.7 Å². The highest BCUT2D eigenvalue weighted by molar-refractivity contribution is 6.09. The van der Waals surface area contributed by atoms with Crippen LogP contribution in [0.3, 0.4) is 0 Å².